The minimum atomic E-state index is 0.0392. The molecule has 2 N–H and O–H groups in total. The Bertz CT molecular complexity index is 417. The normalized spacial score (nSPS) is 14.5. The van der Waals surface area contributed by atoms with Gasteiger partial charge in [-0.2, -0.15) is 0 Å². The fourth-order valence-electron chi connectivity index (χ4n) is 2.09. The number of carbonyl (C=O) groups is 1. The van der Waals surface area contributed by atoms with Crippen LogP contribution in [-0.4, -0.2) is 49.4 Å². The van der Waals surface area contributed by atoms with Crippen LogP contribution < -0.4 is 5.73 Å². The van der Waals surface area contributed by atoms with Gasteiger partial charge in [-0.05, 0) is 37.4 Å². The molecule has 0 saturated heterocycles. The second-order valence-corrected chi connectivity index (χ2v) is 6.14. The monoisotopic (exact) mass is 283 g/mol. The second kappa shape index (κ2) is 7.03. The summed E-state index contributed by atoms with van der Waals surface area (Å²) in [5.74, 6) is 0.102. The molecule has 1 amide bonds. The summed E-state index contributed by atoms with van der Waals surface area (Å²) in [5, 5.41) is 2.08. The molecular formula is C14H25N3OS. The molecular weight excluding hydrogens is 258 g/mol. The third-order valence-corrected chi connectivity index (χ3v) is 4.50. The van der Waals surface area contributed by atoms with Crippen molar-refractivity contribution in [2.24, 2.45) is 5.73 Å². The maximum atomic E-state index is 11.9. The van der Waals surface area contributed by atoms with Gasteiger partial charge in [-0.3, -0.25) is 9.69 Å². The third-order valence-electron chi connectivity index (χ3n) is 3.41. The summed E-state index contributed by atoms with van der Waals surface area (Å²) < 4.78 is 0. The predicted molar refractivity (Wildman–Crippen MR) is 81.4 cm³/mol. The summed E-state index contributed by atoms with van der Waals surface area (Å²) in [4.78, 5) is 16.8. The Labute approximate surface area is 120 Å². The quantitative estimate of drug-likeness (QED) is 0.867. The number of hydrogen-bond acceptors (Lipinski definition) is 4. The molecule has 0 aliphatic heterocycles. The first-order valence-corrected chi connectivity index (χ1v) is 7.46. The number of nitrogens with zero attached hydrogens (tertiary/aromatic N) is 2. The lowest BCUT2D eigenvalue weighted by Crippen LogP contribution is -2.43. The molecule has 1 aromatic heterocycles. The van der Waals surface area contributed by atoms with Crippen molar-refractivity contribution in [1.29, 1.82) is 0 Å². The number of hydrogen-bond donors (Lipinski definition) is 1. The molecule has 1 aromatic rings. The highest BCUT2D eigenvalue weighted by Crippen LogP contribution is 2.30. The minimum Gasteiger partial charge on any atom is -0.348 e. The molecule has 1 rings (SSSR count). The molecule has 2 unspecified atom stereocenters. The van der Waals surface area contributed by atoms with Crippen LogP contribution in [0.1, 0.15) is 29.8 Å². The van der Waals surface area contributed by atoms with E-state index in [-0.39, 0.29) is 18.0 Å². The van der Waals surface area contributed by atoms with Crippen molar-refractivity contribution < 1.29 is 4.79 Å². The van der Waals surface area contributed by atoms with Gasteiger partial charge in [0.05, 0.1) is 12.6 Å². The fraction of sp³-hybridized carbons (Fsp3) is 0.643. The average molecular weight is 283 g/mol. The van der Waals surface area contributed by atoms with Crippen LogP contribution in [0.3, 0.4) is 0 Å². The zero-order valence-electron chi connectivity index (χ0n) is 12.5. The molecule has 0 aliphatic rings. The van der Waals surface area contributed by atoms with Crippen LogP contribution in [0, 0.1) is 6.92 Å². The smallest absolute Gasteiger partial charge is 0.236 e. The van der Waals surface area contributed by atoms with Crippen LogP contribution in [0.5, 0.6) is 0 Å². The van der Waals surface area contributed by atoms with Crippen LogP contribution in [0.4, 0.5) is 0 Å². The number of carbonyl (C=O) groups excluding carboxylic acids is 1. The Kier molecular flexibility index (Phi) is 5.97. The molecule has 0 radical (unpaired) electrons. The first-order chi connectivity index (χ1) is 8.88. The molecule has 19 heavy (non-hydrogen) atoms. The van der Waals surface area contributed by atoms with Crippen LogP contribution in [0.25, 0.3) is 0 Å². The highest BCUT2D eigenvalue weighted by atomic mass is 32.1. The van der Waals surface area contributed by atoms with E-state index in [4.69, 9.17) is 5.73 Å². The molecule has 108 valence electrons. The molecule has 1 heterocycles. The number of aryl methyl sites for hydroxylation is 1. The first-order valence-electron chi connectivity index (χ1n) is 6.58. The summed E-state index contributed by atoms with van der Waals surface area (Å²) in [7, 11) is 5.53. The maximum Gasteiger partial charge on any atom is 0.236 e. The van der Waals surface area contributed by atoms with Gasteiger partial charge in [0, 0.05) is 25.0 Å². The van der Waals surface area contributed by atoms with Crippen LogP contribution >= 0.6 is 11.3 Å². The Balaban J connectivity index is 2.92. The standard InChI is InChI=1S/C14H25N3OS/c1-6-11(15)13(14-10(2)7-8-19-14)17(5)9-12(18)16(3)4/h7-8,11,13H,6,9,15H2,1-5H3. The van der Waals surface area contributed by atoms with E-state index in [1.807, 2.05) is 7.05 Å². The molecule has 0 saturated carbocycles. The fourth-order valence-corrected chi connectivity index (χ4v) is 3.25. The zero-order valence-corrected chi connectivity index (χ0v) is 13.3. The van der Waals surface area contributed by atoms with Crippen molar-refractivity contribution in [3.05, 3.63) is 21.9 Å². The van der Waals surface area contributed by atoms with E-state index in [0.717, 1.165) is 6.42 Å². The highest BCUT2D eigenvalue weighted by Gasteiger charge is 2.27. The lowest BCUT2D eigenvalue weighted by atomic mass is 10.0. The van der Waals surface area contributed by atoms with E-state index in [2.05, 4.69) is 30.2 Å². The third kappa shape index (κ3) is 4.03. The van der Waals surface area contributed by atoms with Crippen molar-refractivity contribution in [3.63, 3.8) is 0 Å². The lowest BCUT2D eigenvalue weighted by Gasteiger charge is -2.32. The van der Waals surface area contributed by atoms with E-state index in [1.54, 1.807) is 30.3 Å². The number of thiophene rings is 1. The van der Waals surface area contributed by atoms with Crippen LogP contribution in [0.2, 0.25) is 0 Å². The van der Waals surface area contributed by atoms with Gasteiger partial charge in [-0.1, -0.05) is 6.92 Å². The average Bonchev–Trinajstić information content (AvgIpc) is 2.75. The van der Waals surface area contributed by atoms with E-state index < -0.39 is 0 Å². The Morgan fingerprint density at radius 3 is 2.47 bits per heavy atom. The molecule has 0 spiro atoms. The van der Waals surface area contributed by atoms with E-state index in [9.17, 15) is 4.79 Å². The summed E-state index contributed by atoms with van der Waals surface area (Å²) in [6.07, 6.45) is 0.891. The van der Waals surface area contributed by atoms with Gasteiger partial charge < -0.3 is 10.6 Å². The predicted octanol–water partition coefficient (Wildman–Crippen LogP) is 1.85. The van der Waals surface area contributed by atoms with Crippen molar-refractivity contribution in [2.75, 3.05) is 27.7 Å². The molecule has 0 bridgehead atoms. The Morgan fingerprint density at radius 2 is 2.05 bits per heavy atom. The van der Waals surface area contributed by atoms with Crippen LogP contribution in [-0.2, 0) is 4.79 Å². The van der Waals surface area contributed by atoms with E-state index in [0.29, 0.717) is 6.54 Å². The molecule has 4 nitrogen and oxygen atoms in total. The molecule has 2 atom stereocenters. The van der Waals surface area contributed by atoms with Crippen molar-refractivity contribution in [3.8, 4) is 0 Å². The van der Waals surface area contributed by atoms with Crippen molar-refractivity contribution in [1.82, 2.24) is 9.80 Å². The minimum absolute atomic E-state index is 0.0392. The molecule has 0 aliphatic carbocycles. The van der Waals surface area contributed by atoms with Crippen molar-refractivity contribution >= 4 is 17.2 Å². The van der Waals surface area contributed by atoms with Gasteiger partial charge in [0.15, 0.2) is 0 Å². The largest absolute Gasteiger partial charge is 0.348 e. The van der Waals surface area contributed by atoms with Gasteiger partial charge >= 0.3 is 0 Å². The molecule has 0 fully saturated rings. The maximum absolute atomic E-state index is 11.9. The molecule has 0 aromatic carbocycles. The Morgan fingerprint density at radius 1 is 1.42 bits per heavy atom. The van der Waals surface area contributed by atoms with Gasteiger partial charge in [-0.15, -0.1) is 11.3 Å². The summed E-state index contributed by atoms with van der Waals surface area (Å²) in [6, 6.07) is 2.25. The topological polar surface area (TPSA) is 49.6 Å². The van der Waals surface area contributed by atoms with Gasteiger partial charge in [0.1, 0.15) is 0 Å². The molecule has 5 heteroatoms. The van der Waals surface area contributed by atoms with Crippen molar-refractivity contribution in [2.45, 2.75) is 32.4 Å². The lowest BCUT2D eigenvalue weighted by molar-refractivity contribution is -0.130. The first kappa shape index (κ1) is 16.1. The van der Waals surface area contributed by atoms with Gasteiger partial charge in [0.25, 0.3) is 0 Å². The van der Waals surface area contributed by atoms with E-state index >= 15 is 0 Å². The zero-order chi connectivity index (χ0) is 14.6. The van der Waals surface area contributed by atoms with Gasteiger partial charge in [0.2, 0.25) is 5.91 Å². The number of nitrogens with two attached hydrogens (primary N) is 1. The summed E-state index contributed by atoms with van der Waals surface area (Å²) in [6.45, 7) is 4.58. The SMILES string of the molecule is CCC(N)C(c1sccc1C)N(C)CC(=O)N(C)C. The summed E-state index contributed by atoms with van der Waals surface area (Å²) >= 11 is 1.72. The second-order valence-electron chi connectivity index (χ2n) is 5.19. The Hall–Kier alpha value is -0.910. The number of amides is 1. The van der Waals surface area contributed by atoms with Gasteiger partial charge in [-0.25, -0.2) is 0 Å². The highest BCUT2D eigenvalue weighted by molar-refractivity contribution is 7.10. The van der Waals surface area contributed by atoms with Crippen LogP contribution in [0.15, 0.2) is 11.4 Å². The summed E-state index contributed by atoms with van der Waals surface area (Å²) in [5.41, 5.74) is 7.52. The number of rotatable bonds is 6. The number of likely N-dealkylation sites (N-methyl/N-ethyl adjacent to an activating group) is 2. The van der Waals surface area contributed by atoms with E-state index in [1.165, 1.54) is 10.4 Å².